The van der Waals surface area contributed by atoms with Crippen LogP contribution in [0.5, 0.6) is 0 Å². The standard InChI is InChI=1S/C11H13N3O/c12-5-1-2-8-3-4-9-10(6-8)13-7-11(15)14-9/h3-4,6-7H,1-2,5,12H2,(H,14,15). The van der Waals surface area contributed by atoms with Gasteiger partial charge in [-0.1, -0.05) is 6.07 Å². The van der Waals surface area contributed by atoms with Gasteiger partial charge < -0.3 is 10.7 Å². The molecular weight excluding hydrogens is 190 g/mol. The van der Waals surface area contributed by atoms with E-state index in [1.54, 1.807) is 0 Å². The first-order valence-electron chi connectivity index (χ1n) is 4.97. The SMILES string of the molecule is NCCCc1ccc2[nH]c(=O)cnc2c1. The summed E-state index contributed by atoms with van der Waals surface area (Å²) in [4.78, 5) is 17.8. The number of benzene rings is 1. The van der Waals surface area contributed by atoms with Gasteiger partial charge in [-0.15, -0.1) is 0 Å². The second-order valence-electron chi connectivity index (χ2n) is 3.49. The highest BCUT2D eigenvalue weighted by Gasteiger charge is 1.98. The molecule has 15 heavy (non-hydrogen) atoms. The van der Waals surface area contributed by atoms with E-state index in [2.05, 4.69) is 9.97 Å². The predicted octanol–water partition coefficient (Wildman–Crippen LogP) is 0.814. The Labute approximate surface area is 87.1 Å². The lowest BCUT2D eigenvalue weighted by Crippen LogP contribution is -2.05. The fraction of sp³-hybridized carbons (Fsp3) is 0.273. The summed E-state index contributed by atoms with van der Waals surface area (Å²) < 4.78 is 0. The average molecular weight is 203 g/mol. The van der Waals surface area contributed by atoms with Crippen molar-refractivity contribution in [2.45, 2.75) is 12.8 Å². The molecule has 0 spiro atoms. The Hall–Kier alpha value is -1.68. The monoisotopic (exact) mass is 203 g/mol. The minimum atomic E-state index is -0.169. The molecule has 1 aromatic heterocycles. The van der Waals surface area contributed by atoms with Crippen molar-refractivity contribution in [3.63, 3.8) is 0 Å². The van der Waals surface area contributed by atoms with Gasteiger partial charge in [-0.2, -0.15) is 0 Å². The molecule has 4 heteroatoms. The third-order valence-electron chi connectivity index (χ3n) is 2.31. The van der Waals surface area contributed by atoms with Crippen LogP contribution in [0.1, 0.15) is 12.0 Å². The number of aryl methyl sites for hydroxylation is 1. The van der Waals surface area contributed by atoms with E-state index in [9.17, 15) is 4.79 Å². The van der Waals surface area contributed by atoms with E-state index in [4.69, 9.17) is 5.73 Å². The fourth-order valence-corrected chi connectivity index (χ4v) is 1.54. The number of aromatic amines is 1. The summed E-state index contributed by atoms with van der Waals surface area (Å²) in [5.41, 5.74) is 8.08. The minimum Gasteiger partial charge on any atom is -0.330 e. The van der Waals surface area contributed by atoms with Gasteiger partial charge in [0.2, 0.25) is 0 Å². The van der Waals surface area contributed by atoms with Crippen LogP contribution in [0.3, 0.4) is 0 Å². The van der Waals surface area contributed by atoms with E-state index < -0.39 is 0 Å². The summed E-state index contributed by atoms with van der Waals surface area (Å²) >= 11 is 0. The number of fused-ring (bicyclic) bond motifs is 1. The maximum atomic E-state index is 11.0. The highest BCUT2D eigenvalue weighted by atomic mass is 16.1. The van der Waals surface area contributed by atoms with Crippen molar-refractivity contribution >= 4 is 11.0 Å². The van der Waals surface area contributed by atoms with Crippen LogP contribution < -0.4 is 11.3 Å². The quantitative estimate of drug-likeness (QED) is 0.775. The number of H-pyrrole nitrogens is 1. The molecule has 0 aliphatic rings. The molecule has 0 aliphatic carbocycles. The Morgan fingerprint density at radius 3 is 3.07 bits per heavy atom. The Balaban J connectivity index is 2.39. The van der Waals surface area contributed by atoms with Gasteiger partial charge in [0.15, 0.2) is 0 Å². The Morgan fingerprint density at radius 1 is 1.40 bits per heavy atom. The summed E-state index contributed by atoms with van der Waals surface area (Å²) in [5, 5.41) is 0. The number of nitrogens with zero attached hydrogens (tertiary/aromatic N) is 1. The Bertz CT molecular complexity index is 518. The highest BCUT2D eigenvalue weighted by molar-refractivity contribution is 5.74. The molecule has 0 aliphatic heterocycles. The summed E-state index contributed by atoms with van der Waals surface area (Å²) in [6.45, 7) is 0.692. The summed E-state index contributed by atoms with van der Waals surface area (Å²) in [6.07, 6.45) is 3.22. The van der Waals surface area contributed by atoms with Crippen LogP contribution in [0, 0.1) is 0 Å². The first kappa shape index (κ1) is 9.86. The van der Waals surface area contributed by atoms with Crippen molar-refractivity contribution < 1.29 is 0 Å². The van der Waals surface area contributed by atoms with Gasteiger partial charge in [0, 0.05) is 0 Å². The summed E-state index contributed by atoms with van der Waals surface area (Å²) in [5.74, 6) is 0. The molecule has 1 heterocycles. The maximum absolute atomic E-state index is 11.0. The van der Waals surface area contributed by atoms with E-state index in [-0.39, 0.29) is 5.56 Å². The van der Waals surface area contributed by atoms with E-state index in [0.717, 1.165) is 23.9 Å². The van der Waals surface area contributed by atoms with Gasteiger partial charge in [0.05, 0.1) is 17.2 Å². The lowest BCUT2D eigenvalue weighted by molar-refractivity contribution is 0.833. The van der Waals surface area contributed by atoms with Crippen molar-refractivity contribution in [1.29, 1.82) is 0 Å². The second kappa shape index (κ2) is 4.23. The minimum absolute atomic E-state index is 0.169. The zero-order valence-electron chi connectivity index (χ0n) is 8.36. The highest BCUT2D eigenvalue weighted by Crippen LogP contribution is 2.11. The molecule has 2 rings (SSSR count). The number of aromatic nitrogens is 2. The fourth-order valence-electron chi connectivity index (χ4n) is 1.54. The molecule has 0 unspecified atom stereocenters. The number of nitrogens with two attached hydrogens (primary N) is 1. The Morgan fingerprint density at radius 2 is 2.27 bits per heavy atom. The molecule has 2 aromatic rings. The smallest absolute Gasteiger partial charge is 0.266 e. The molecular formula is C11H13N3O. The van der Waals surface area contributed by atoms with Crippen molar-refractivity contribution in [2.24, 2.45) is 5.73 Å². The molecule has 0 amide bonds. The van der Waals surface area contributed by atoms with Crippen LogP contribution in [0.2, 0.25) is 0 Å². The normalized spacial score (nSPS) is 10.7. The topological polar surface area (TPSA) is 71.8 Å². The molecule has 1 aromatic carbocycles. The van der Waals surface area contributed by atoms with E-state index in [1.165, 1.54) is 11.8 Å². The van der Waals surface area contributed by atoms with E-state index in [0.29, 0.717) is 6.54 Å². The maximum Gasteiger partial charge on any atom is 0.266 e. The first-order chi connectivity index (χ1) is 7.29. The molecule has 0 fully saturated rings. The molecule has 0 saturated heterocycles. The zero-order chi connectivity index (χ0) is 10.7. The van der Waals surface area contributed by atoms with Crippen LogP contribution in [-0.2, 0) is 6.42 Å². The van der Waals surface area contributed by atoms with Gasteiger partial charge in [-0.25, -0.2) is 4.98 Å². The predicted molar refractivity (Wildman–Crippen MR) is 59.7 cm³/mol. The molecule has 4 nitrogen and oxygen atoms in total. The van der Waals surface area contributed by atoms with Crippen LogP contribution >= 0.6 is 0 Å². The summed E-state index contributed by atoms with van der Waals surface area (Å²) in [6, 6.07) is 5.87. The van der Waals surface area contributed by atoms with Crippen molar-refractivity contribution in [2.75, 3.05) is 6.54 Å². The molecule has 0 radical (unpaired) electrons. The molecule has 3 N–H and O–H groups in total. The zero-order valence-corrected chi connectivity index (χ0v) is 8.36. The second-order valence-corrected chi connectivity index (χ2v) is 3.49. The number of rotatable bonds is 3. The van der Waals surface area contributed by atoms with Crippen LogP contribution in [0.15, 0.2) is 29.2 Å². The van der Waals surface area contributed by atoms with Crippen molar-refractivity contribution in [3.05, 3.63) is 40.3 Å². The number of hydrogen-bond acceptors (Lipinski definition) is 3. The van der Waals surface area contributed by atoms with Crippen molar-refractivity contribution in [1.82, 2.24) is 9.97 Å². The molecule has 78 valence electrons. The van der Waals surface area contributed by atoms with Gasteiger partial charge >= 0.3 is 0 Å². The van der Waals surface area contributed by atoms with E-state index in [1.807, 2.05) is 18.2 Å². The lowest BCUT2D eigenvalue weighted by Gasteiger charge is -2.01. The van der Waals surface area contributed by atoms with Crippen LogP contribution in [-0.4, -0.2) is 16.5 Å². The third-order valence-corrected chi connectivity index (χ3v) is 2.31. The molecule has 0 atom stereocenters. The average Bonchev–Trinajstić information content (AvgIpc) is 2.26. The largest absolute Gasteiger partial charge is 0.330 e. The first-order valence-corrected chi connectivity index (χ1v) is 4.97. The van der Waals surface area contributed by atoms with Gasteiger partial charge in [0.1, 0.15) is 0 Å². The van der Waals surface area contributed by atoms with Gasteiger partial charge in [0.25, 0.3) is 5.56 Å². The number of nitrogens with one attached hydrogen (secondary N) is 1. The van der Waals surface area contributed by atoms with Crippen molar-refractivity contribution in [3.8, 4) is 0 Å². The third kappa shape index (κ3) is 2.22. The van der Waals surface area contributed by atoms with Gasteiger partial charge in [-0.05, 0) is 37.1 Å². The Kier molecular flexibility index (Phi) is 2.78. The molecule has 0 bridgehead atoms. The van der Waals surface area contributed by atoms with Gasteiger partial charge in [-0.3, -0.25) is 4.79 Å². The molecule has 0 saturated carbocycles. The number of hydrogen-bond donors (Lipinski definition) is 2. The lowest BCUT2D eigenvalue weighted by atomic mass is 10.1. The van der Waals surface area contributed by atoms with Crippen LogP contribution in [0.25, 0.3) is 11.0 Å². The summed E-state index contributed by atoms with van der Waals surface area (Å²) in [7, 11) is 0. The van der Waals surface area contributed by atoms with Crippen LogP contribution in [0.4, 0.5) is 0 Å². The van der Waals surface area contributed by atoms with E-state index >= 15 is 0 Å².